The minimum absolute atomic E-state index is 0.00184. The van der Waals surface area contributed by atoms with E-state index in [1.165, 1.54) is 5.56 Å². The van der Waals surface area contributed by atoms with Gasteiger partial charge in [-0.2, -0.15) is 0 Å². The van der Waals surface area contributed by atoms with Crippen molar-refractivity contribution in [2.75, 3.05) is 18.0 Å². The normalized spacial score (nSPS) is 17.5. The molecule has 0 bridgehead atoms. The van der Waals surface area contributed by atoms with Crippen molar-refractivity contribution in [1.82, 2.24) is 4.90 Å². The predicted octanol–water partition coefficient (Wildman–Crippen LogP) is 3.50. The molecule has 26 heavy (non-hydrogen) atoms. The number of nitrogens with zero attached hydrogens (tertiary/aromatic N) is 2. The van der Waals surface area contributed by atoms with Crippen LogP contribution in [0.2, 0.25) is 0 Å². The molecule has 3 rings (SSSR count). The molecular weight excluding hydrogens is 324 g/mol. The zero-order valence-electron chi connectivity index (χ0n) is 15.7. The molecule has 1 aliphatic heterocycles. The van der Waals surface area contributed by atoms with E-state index >= 15 is 0 Å². The number of hydrogen-bond acceptors (Lipinski definition) is 2. The van der Waals surface area contributed by atoms with Crippen molar-refractivity contribution < 1.29 is 9.59 Å². The maximum Gasteiger partial charge on any atom is 0.249 e. The summed E-state index contributed by atoms with van der Waals surface area (Å²) in [7, 11) is 0. The van der Waals surface area contributed by atoms with Gasteiger partial charge in [-0.1, -0.05) is 42.5 Å². The standard InChI is InChI=1S/C22H26N2O2/c1-16-8-7-11-20(17(16)2)24-15-14-23(18(3)22(24)26)21(25)13-12-19-9-5-4-6-10-19/h4-11,18H,12-15H2,1-3H3/t18-/m1/s1. The summed E-state index contributed by atoms with van der Waals surface area (Å²) < 4.78 is 0. The molecule has 2 aromatic rings. The second-order valence-electron chi connectivity index (χ2n) is 6.96. The van der Waals surface area contributed by atoms with Gasteiger partial charge < -0.3 is 9.80 Å². The highest BCUT2D eigenvalue weighted by molar-refractivity contribution is 6.00. The molecular formula is C22H26N2O2. The third kappa shape index (κ3) is 3.64. The van der Waals surface area contributed by atoms with Crippen LogP contribution >= 0.6 is 0 Å². The van der Waals surface area contributed by atoms with Crippen molar-refractivity contribution in [3.63, 3.8) is 0 Å². The number of rotatable bonds is 4. The molecule has 0 spiro atoms. The molecule has 0 saturated carbocycles. The summed E-state index contributed by atoms with van der Waals surface area (Å²) in [6.07, 6.45) is 1.14. The van der Waals surface area contributed by atoms with Crippen molar-refractivity contribution in [1.29, 1.82) is 0 Å². The highest BCUT2D eigenvalue weighted by Crippen LogP contribution is 2.26. The lowest BCUT2D eigenvalue weighted by Gasteiger charge is -2.39. The number of carbonyl (C=O) groups excluding carboxylic acids is 2. The Morgan fingerprint density at radius 3 is 2.50 bits per heavy atom. The van der Waals surface area contributed by atoms with Crippen molar-refractivity contribution >= 4 is 17.5 Å². The van der Waals surface area contributed by atoms with E-state index in [0.29, 0.717) is 25.9 Å². The summed E-state index contributed by atoms with van der Waals surface area (Å²) in [5, 5.41) is 0. The van der Waals surface area contributed by atoms with Crippen LogP contribution in [0.4, 0.5) is 5.69 Å². The molecule has 1 heterocycles. The Kier molecular flexibility index (Phi) is 5.40. The van der Waals surface area contributed by atoms with Gasteiger partial charge in [-0.05, 0) is 49.9 Å². The van der Waals surface area contributed by atoms with Gasteiger partial charge >= 0.3 is 0 Å². The fourth-order valence-corrected chi connectivity index (χ4v) is 3.52. The van der Waals surface area contributed by atoms with Crippen LogP contribution in [0.3, 0.4) is 0 Å². The summed E-state index contributed by atoms with van der Waals surface area (Å²) >= 11 is 0. The second kappa shape index (κ2) is 7.73. The Morgan fingerprint density at radius 2 is 1.77 bits per heavy atom. The minimum Gasteiger partial charge on any atom is -0.329 e. The Balaban J connectivity index is 1.67. The number of hydrogen-bond donors (Lipinski definition) is 0. The first-order valence-corrected chi connectivity index (χ1v) is 9.20. The van der Waals surface area contributed by atoms with Crippen molar-refractivity contribution in [2.45, 2.75) is 39.7 Å². The lowest BCUT2D eigenvalue weighted by atomic mass is 10.0. The number of aryl methyl sites for hydroxylation is 2. The number of amides is 2. The van der Waals surface area contributed by atoms with Gasteiger partial charge in [-0.3, -0.25) is 9.59 Å². The Hall–Kier alpha value is -2.62. The zero-order chi connectivity index (χ0) is 18.7. The molecule has 0 radical (unpaired) electrons. The molecule has 0 N–H and O–H groups in total. The van der Waals surface area contributed by atoms with E-state index in [-0.39, 0.29) is 11.8 Å². The van der Waals surface area contributed by atoms with Gasteiger partial charge in [0.05, 0.1) is 0 Å². The monoisotopic (exact) mass is 350 g/mol. The van der Waals surface area contributed by atoms with Crippen molar-refractivity contribution in [3.05, 3.63) is 65.2 Å². The summed E-state index contributed by atoms with van der Waals surface area (Å²) in [6.45, 7) is 7.05. The first-order valence-electron chi connectivity index (χ1n) is 9.20. The molecule has 1 aliphatic rings. The van der Waals surface area contributed by atoms with Crippen LogP contribution in [0.1, 0.15) is 30.0 Å². The molecule has 0 aliphatic carbocycles. The molecule has 4 nitrogen and oxygen atoms in total. The average molecular weight is 350 g/mol. The van der Waals surface area contributed by atoms with Gasteiger partial charge in [0.1, 0.15) is 6.04 Å². The Bertz CT molecular complexity index is 801. The first kappa shape index (κ1) is 18.2. The summed E-state index contributed by atoms with van der Waals surface area (Å²) in [6, 6.07) is 15.6. The Labute approximate surface area is 155 Å². The molecule has 1 fully saturated rings. The maximum absolute atomic E-state index is 12.9. The third-order valence-electron chi connectivity index (χ3n) is 5.31. The number of piperazine rings is 1. The lowest BCUT2D eigenvalue weighted by Crippen LogP contribution is -2.58. The van der Waals surface area contributed by atoms with E-state index in [9.17, 15) is 9.59 Å². The van der Waals surface area contributed by atoms with E-state index in [1.54, 1.807) is 4.90 Å². The van der Waals surface area contributed by atoms with Crippen LogP contribution in [0.5, 0.6) is 0 Å². The van der Waals surface area contributed by atoms with Gasteiger partial charge in [0, 0.05) is 25.2 Å². The molecule has 0 unspecified atom stereocenters. The summed E-state index contributed by atoms with van der Waals surface area (Å²) in [5.41, 5.74) is 4.40. The van der Waals surface area contributed by atoms with Crippen LogP contribution in [0.15, 0.2) is 48.5 Å². The second-order valence-corrected chi connectivity index (χ2v) is 6.96. The van der Waals surface area contributed by atoms with Crippen LogP contribution in [-0.4, -0.2) is 35.8 Å². The first-order chi connectivity index (χ1) is 12.5. The van der Waals surface area contributed by atoms with Gasteiger partial charge in [0.15, 0.2) is 0 Å². The lowest BCUT2D eigenvalue weighted by molar-refractivity contribution is -0.140. The molecule has 1 saturated heterocycles. The van der Waals surface area contributed by atoms with Crippen LogP contribution in [0, 0.1) is 13.8 Å². The van der Waals surface area contributed by atoms with Crippen LogP contribution in [0.25, 0.3) is 0 Å². The molecule has 2 aromatic carbocycles. The van der Waals surface area contributed by atoms with Gasteiger partial charge in [0.25, 0.3) is 0 Å². The van der Waals surface area contributed by atoms with E-state index in [4.69, 9.17) is 0 Å². The van der Waals surface area contributed by atoms with E-state index in [1.807, 2.05) is 61.2 Å². The van der Waals surface area contributed by atoms with E-state index < -0.39 is 6.04 Å². The summed E-state index contributed by atoms with van der Waals surface area (Å²) in [4.78, 5) is 29.1. The Morgan fingerprint density at radius 1 is 1.04 bits per heavy atom. The predicted molar refractivity (Wildman–Crippen MR) is 104 cm³/mol. The SMILES string of the molecule is Cc1cccc(N2CCN(C(=O)CCc3ccccc3)[C@H](C)C2=O)c1C. The molecule has 1 atom stereocenters. The number of carbonyl (C=O) groups is 2. The smallest absolute Gasteiger partial charge is 0.249 e. The molecule has 0 aromatic heterocycles. The minimum atomic E-state index is -0.424. The van der Waals surface area contributed by atoms with E-state index in [2.05, 4.69) is 13.0 Å². The molecule has 2 amide bonds. The van der Waals surface area contributed by atoms with Crippen LogP contribution < -0.4 is 4.90 Å². The van der Waals surface area contributed by atoms with Crippen molar-refractivity contribution in [3.8, 4) is 0 Å². The highest BCUT2D eigenvalue weighted by Gasteiger charge is 2.35. The third-order valence-corrected chi connectivity index (χ3v) is 5.31. The topological polar surface area (TPSA) is 40.6 Å². The average Bonchev–Trinajstić information content (AvgIpc) is 2.65. The molecule has 4 heteroatoms. The number of anilines is 1. The van der Waals surface area contributed by atoms with Gasteiger partial charge in [0.2, 0.25) is 11.8 Å². The zero-order valence-corrected chi connectivity index (χ0v) is 15.7. The van der Waals surface area contributed by atoms with Crippen LogP contribution in [-0.2, 0) is 16.0 Å². The largest absolute Gasteiger partial charge is 0.329 e. The molecule has 136 valence electrons. The van der Waals surface area contributed by atoms with Gasteiger partial charge in [-0.15, -0.1) is 0 Å². The fourth-order valence-electron chi connectivity index (χ4n) is 3.52. The van der Waals surface area contributed by atoms with E-state index in [0.717, 1.165) is 16.8 Å². The fraction of sp³-hybridized carbons (Fsp3) is 0.364. The summed E-state index contributed by atoms with van der Waals surface area (Å²) in [5.74, 6) is 0.0494. The maximum atomic E-state index is 12.9. The van der Waals surface area contributed by atoms with Gasteiger partial charge in [-0.25, -0.2) is 0 Å². The quantitative estimate of drug-likeness (QED) is 0.847. The number of benzene rings is 2. The van der Waals surface area contributed by atoms with Crippen molar-refractivity contribution in [2.24, 2.45) is 0 Å². The highest BCUT2D eigenvalue weighted by atomic mass is 16.2.